The molecule has 1 amide bonds. The molecule has 7 nitrogen and oxygen atoms in total. The third-order valence-electron chi connectivity index (χ3n) is 4.23. The lowest BCUT2D eigenvalue weighted by Crippen LogP contribution is -2.15. The van der Waals surface area contributed by atoms with Crippen molar-refractivity contribution in [3.63, 3.8) is 0 Å². The first kappa shape index (κ1) is 21.3. The second kappa shape index (κ2) is 10.4. The molecule has 0 unspecified atom stereocenters. The minimum atomic E-state index is -0.128. The predicted molar refractivity (Wildman–Crippen MR) is 119 cm³/mol. The van der Waals surface area contributed by atoms with Gasteiger partial charge in [0.1, 0.15) is 18.1 Å². The first-order valence-electron chi connectivity index (χ1n) is 9.62. The van der Waals surface area contributed by atoms with Crippen molar-refractivity contribution in [3.05, 3.63) is 66.0 Å². The number of amides is 1. The van der Waals surface area contributed by atoms with Gasteiger partial charge in [-0.25, -0.2) is 0 Å². The molecule has 0 saturated heterocycles. The van der Waals surface area contributed by atoms with Crippen LogP contribution in [0.2, 0.25) is 0 Å². The molecule has 30 heavy (non-hydrogen) atoms. The van der Waals surface area contributed by atoms with Gasteiger partial charge in [0.15, 0.2) is 10.6 Å². The van der Waals surface area contributed by atoms with Gasteiger partial charge in [0.2, 0.25) is 5.91 Å². The number of carbonyl (C=O) groups is 1. The summed E-state index contributed by atoms with van der Waals surface area (Å²) in [6.07, 6.45) is 1.91. The fraction of sp³-hybridized carbons (Fsp3) is 0.227. The average molecular weight is 425 g/mol. The highest BCUT2D eigenvalue weighted by Gasteiger charge is 2.11. The topological polar surface area (TPSA) is 81.2 Å². The van der Waals surface area contributed by atoms with E-state index in [4.69, 9.17) is 21.7 Å². The number of nitrogens with zero attached hydrogens (tertiary/aromatic N) is 2. The molecule has 0 atom stereocenters. The van der Waals surface area contributed by atoms with E-state index >= 15 is 0 Å². The van der Waals surface area contributed by atoms with Crippen LogP contribution in [-0.2, 0) is 11.3 Å². The zero-order valence-corrected chi connectivity index (χ0v) is 17.6. The zero-order valence-electron chi connectivity index (χ0n) is 16.8. The summed E-state index contributed by atoms with van der Waals surface area (Å²) in [6, 6.07) is 14.8. The van der Waals surface area contributed by atoms with Crippen molar-refractivity contribution >= 4 is 23.8 Å². The maximum atomic E-state index is 12.4. The number of hydrogen-bond donors (Lipinski definition) is 2. The minimum absolute atomic E-state index is 0.128. The van der Waals surface area contributed by atoms with Crippen LogP contribution < -0.4 is 14.8 Å². The number of ether oxygens (including phenoxy) is 2. The average Bonchev–Trinajstić information content (AvgIpc) is 3.12. The summed E-state index contributed by atoms with van der Waals surface area (Å²) in [5, 5.41) is 10.00. The number of carbonyl (C=O) groups excluding carboxylic acids is 1. The van der Waals surface area contributed by atoms with Crippen LogP contribution >= 0.6 is 12.2 Å². The molecule has 0 fully saturated rings. The van der Waals surface area contributed by atoms with Gasteiger partial charge in [-0.1, -0.05) is 18.7 Å². The van der Waals surface area contributed by atoms with Crippen molar-refractivity contribution in [2.24, 2.45) is 0 Å². The summed E-state index contributed by atoms with van der Waals surface area (Å²) in [7, 11) is 0. The molecule has 0 saturated carbocycles. The van der Waals surface area contributed by atoms with Crippen LogP contribution in [0.25, 0.3) is 11.4 Å². The molecule has 0 aliphatic heterocycles. The number of aromatic amines is 1. The molecule has 1 aromatic heterocycles. The number of rotatable bonds is 10. The molecule has 0 bridgehead atoms. The third-order valence-corrected chi connectivity index (χ3v) is 4.54. The van der Waals surface area contributed by atoms with Crippen LogP contribution in [0.15, 0.2) is 61.2 Å². The zero-order chi connectivity index (χ0) is 21.3. The Bertz CT molecular complexity index is 1060. The number of benzene rings is 2. The summed E-state index contributed by atoms with van der Waals surface area (Å²) in [4.78, 5) is 12.4. The lowest BCUT2D eigenvalue weighted by molar-refractivity contribution is -0.116. The van der Waals surface area contributed by atoms with Crippen molar-refractivity contribution < 1.29 is 14.3 Å². The highest BCUT2D eigenvalue weighted by molar-refractivity contribution is 7.71. The Labute approximate surface area is 180 Å². The van der Waals surface area contributed by atoms with Crippen LogP contribution in [0.4, 0.5) is 5.69 Å². The van der Waals surface area contributed by atoms with Gasteiger partial charge >= 0.3 is 0 Å². The fourth-order valence-corrected chi connectivity index (χ4v) is 3.09. The van der Waals surface area contributed by atoms with E-state index < -0.39 is 0 Å². The van der Waals surface area contributed by atoms with E-state index in [1.54, 1.807) is 12.1 Å². The second-order valence-electron chi connectivity index (χ2n) is 6.39. The van der Waals surface area contributed by atoms with Gasteiger partial charge in [-0.15, -0.1) is 0 Å². The van der Waals surface area contributed by atoms with Crippen molar-refractivity contribution in [2.45, 2.75) is 19.9 Å². The van der Waals surface area contributed by atoms with E-state index in [2.05, 4.69) is 22.1 Å². The molecule has 1 heterocycles. The predicted octanol–water partition coefficient (Wildman–Crippen LogP) is 4.60. The third kappa shape index (κ3) is 5.57. The van der Waals surface area contributed by atoms with Crippen LogP contribution in [0.1, 0.15) is 13.3 Å². The summed E-state index contributed by atoms with van der Waals surface area (Å²) in [5.74, 6) is 2.01. The second-order valence-corrected chi connectivity index (χ2v) is 6.77. The van der Waals surface area contributed by atoms with E-state index in [0.717, 1.165) is 11.3 Å². The van der Waals surface area contributed by atoms with Crippen molar-refractivity contribution in [1.29, 1.82) is 0 Å². The Morgan fingerprint density at radius 2 is 2.03 bits per heavy atom. The van der Waals surface area contributed by atoms with Crippen LogP contribution in [0.5, 0.6) is 11.5 Å². The maximum absolute atomic E-state index is 12.4. The van der Waals surface area contributed by atoms with Crippen LogP contribution in [0.3, 0.4) is 0 Å². The number of anilines is 1. The van der Waals surface area contributed by atoms with E-state index in [1.807, 2.05) is 54.0 Å². The first-order valence-corrected chi connectivity index (χ1v) is 10.0. The molecule has 156 valence electrons. The fourth-order valence-electron chi connectivity index (χ4n) is 2.87. The Hall–Kier alpha value is -3.39. The maximum Gasteiger partial charge on any atom is 0.226 e. The summed E-state index contributed by atoms with van der Waals surface area (Å²) in [5.41, 5.74) is 1.56. The molecule has 2 aromatic carbocycles. The standard InChI is InChI=1S/C22H24N4O3S/c1-3-14-29-19-7-5-6-17(15-19)23-20(27)12-13-26-21(24-25-22(26)30)16-8-10-18(11-9-16)28-4-2/h3,5-11,15H,1,4,12-14H2,2H3,(H,23,27)(H,25,30). The Morgan fingerprint density at radius 3 is 2.77 bits per heavy atom. The number of hydrogen-bond acceptors (Lipinski definition) is 5. The Morgan fingerprint density at radius 1 is 1.23 bits per heavy atom. The SMILES string of the molecule is C=CCOc1cccc(NC(=O)CCn2c(-c3ccc(OCC)cc3)n[nH]c2=S)c1. The van der Waals surface area contributed by atoms with Gasteiger partial charge in [-0.05, 0) is 55.5 Å². The van der Waals surface area contributed by atoms with Gasteiger partial charge in [0.05, 0.1) is 6.61 Å². The summed E-state index contributed by atoms with van der Waals surface area (Å²) < 4.78 is 13.2. The molecular weight excluding hydrogens is 400 g/mol. The quantitative estimate of drug-likeness (QED) is 0.367. The molecule has 2 N–H and O–H groups in total. The van der Waals surface area contributed by atoms with E-state index in [1.165, 1.54) is 0 Å². The van der Waals surface area contributed by atoms with E-state index in [9.17, 15) is 4.79 Å². The number of nitrogens with one attached hydrogen (secondary N) is 2. The van der Waals surface area contributed by atoms with Crippen molar-refractivity contribution in [3.8, 4) is 22.9 Å². The molecule has 0 spiro atoms. The smallest absolute Gasteiger partial charge is 0.226 e. The minimum Gasteiger partial charge on any atom is -0.494 e. The highest BCUT2D eigenvalue weighted by atomic mass is 32.1. The highest BCUT2D eigenvalue weighted by Crippen LogP contribution is 2.22. The Balaban J connectivity index is 1.65. The molecule has 3 aromatic rings. The van der Waals surface area contributed by atoms with Gasteiger partial charge in [-0.2, -0.15) is 5.10 Å². The molecule has 0 aliphatic carbocycles. The van der Waals surface area contributed by atoms with Crippen LogP contribution in [-0.4, -0.2) is 33.9 Å². The van der Waals surface area contributed by atoms with Gasteiger partial charge in [-0.3, -0.25) is 14.5 Å². The molecule has 0 radical (unpaired) electrons. The largest absolute Gasteiger partial charge is 0.494 e. The normalized spacial score (nSPS) is 10.4. The molecular formula is C22H24N4O3S. The lowest BCUT2D eigenvalue weighted by atomic mass is 10.2. The molecule has 0 aliphatic rings. The van der Waals surface area contributed by atoms with Crippen molar-refractivity contribution in [2.75, 3.05) is 18.5 Å². The van der Waals surface area contributed by atoms with Crippen molar-refractivity contribution in [1.82, 2.24) is 14.8 Å². The number of H-pyrrole nitrogens is 1. The van der Waals surface area contributed by atoms with E-state index in [0.29, 0.717) is 41.8 Å². The molecule has 8 heteroatoms. The molecule has 3 rings (SSSR count). The van der Waals surface area contributed by atoms with Gasteiger partial charge in [0.25, 0.3) is 0 Å². The lowest BCUT2D eigenvalue weighted by Gasteiger charge is -2.10. The monoisotopic (exact) mass is 424 g/mol. The van der Waals surface area contributed by atoms with Gasteiger partial charge in [0, 0.05) is 30.3 Å². The number of aromatic nitrogens is 3. The first-order chi connectivity index (χ1) is 14.6. The van der Waals surface area contributed by atoms with Gasteiger partial charge < -0.3 is 14.8 Å². The van der Waals surface area contributed by atoms with Crippen LogP contribution in [0, 0.1) is 4.77 Å². The summed E-state index contributed by atoms with van der Waals surface area (Å²) in [6.45, 7) is 6.98. The summed E-state index contributed by atoms with van der Waals surface area (Å²) >= 11 is 5.34. The Kier molecular flexibility index (Phi) is 7.40. The van der Waals surface area contributed by atoms with E-state index in [-0.39, 0.29) is 12.3 Å².